The van der Waals surface area contributed by atoms with Crippen molar-refractivity contribution in [3.63, 3.8) is 0 Å². The van der Waals surface area contributed by atoms with Crippen molar-refractivity contribution >= 4 is 35.7 Å². The SMILES string of the molecule is CCC(COCc1cccc(Br)c1)CS(=O)(=O)Cl. The average molecular weight is 356 g/mol. The van der Waals surface area contributed by atoms with E-state index in [0.717, 1.165) is 16.5 Å². The molecule has 0 N–H and O–H groups in total. The Hall–Kier alpha value is -0.100. The summed E-state index contributed by atoms with van der Waals surface area (Å²) in [4.78, 5) is 0. The van der Waals surface area contributed by atoms with Crippen LogP contribution in [-0.2, 0) is 20.4 Å². The zero-order chi connectivity index (χ0) is 13.6. The number of rotatable bonds is 7. The van der Waals surface area contributed by atoms with Crippen LogP contribution in [0.1, 0.15) is 18.9 Å². The molecular formula is C12H16BrClO3S. The van der Waals surface area contributed by atoms with Gasteiger partial charge >= 0.3 is 0 Å². The first-order valence-corrected chi connectivity index (χ1v) is 8.92. The van der Waals surface area contributed by atoms with Crippen LogP contribution in [0.2, 0.25) is 0 Å². The molecule has 0 aromatic heterocycles. The molecule has 0 bridgehead atoms. The lowest BCUT2D eigenvalue weighted by atomic mass is 10.1. The molecule has 6 heteroatoms. The lowest BCUT2D eigenvalue weighted by Gasteiger charge is -2.13. The fourth-order valence-corrected chi connectivity index (χ4v) is 3.41. The molecule has 102 valence electrons. The molecule has 1 aromatic carbocycles. The third-order valence-corrected chi connectivity index (χ3v) is 4.26. The van der Waals surface area contributed by atoms with Crippen molar-refractivity contribution in [1.82, 2.24) is 0 Å². The largest absolute Gasteiger partial charge is 0.376 e. The predicted octanol–water partition coefficient (Wildman–Crippen LogP) is 3.56. The first-order chi connectivity index (χ1) is 8.40. The van der Waals surface area contributed by atoms with E-state index in [9.17, 15) is 8.42 Å². The second kappa shape index (κ2) is 7.48. The summed E-state index contributed by atoms with van der Waals surface area (Å²) in [5, 5.41) is 0. The molecule has 0 aliphatic rings. The van der Waals surface area contributed by atoms with Crippen molar-refractivity contribution in [2.45, 2.75) is 20.0 Å². The highest BCUT2D eigenvalue weighted by Gasteiger charge is 2.15. The van der Waals surface area contributed by atoms with E-state index in [4.69, 9.17) is 15.4 Å². The molecule has 0 amide bonds. The third kappa shape index (κ3) is 6.73. The number of hydrogen-bond acceptors (Lipinski definition) is 3. The number of hydrogen-bond donors (Lipinski definition) is 0. The molecule has 0 aliphatic carbocycles. The van der Waals surface area contributed by atoms with Crippen LogP contribution in [0.15, 0.2) is 28.7 Å². The summed E-state index contributed by atoms with van der Waals surface area (Å²) < 4.78 is 28.5. The van der Waals surface area contributed by atoms with Gasteiger partial charge in [-0.15, -0.1) is 0 Å². The molecule has 0 saturated heterocycles. The molecule has 18 heavy (non-hydrogen) atoms. The fraction of sp³-hybridized carbons (Fsp3) is 0.500. The van der Waals surface area contributed by atoms with Crippen LogP contribution in [0, 0.1) is 5.92 Å². The van der Waals surface area contributed by atoms with E-state index < -0.39 is 9.05 Å². The number of ether oxygens (including phenoxy) is 1. The van der Waals surface area contributed by atoms with Crippen molar-refractivity contribution in [2.75, 3.05) is 12.4 Å². The van der Waals surface area contributed by atoms with Gasteiger partial charge in [0.05, 0.1) is 19.0 Å². The van der Waals surface area contributed by atoms with Gasteiger partial charge in [0.1, 0.15) is 0 Å². The molecule has 3 nitrogen and oxygen atoms in total. The third-order valence-electron chi connectivity index (χ3n) is 2.52. The minimum atomic E-state index is -3.45. The summed E-state index contributed by atoms with van der Waals surface area (Å²) in [5.41, 5.74) is 1.05. The zero-order valence-electron chi connectivity index (χ0n) is 10.1. The Bertz CT molecular complexity index is 476. The quantitative estimate of drug-likeness (QED) is 0.702. The summed E-state index contributed by atoms with van der Waals surface area (Å²) >= 11 is 3.38. The van der Waals surface area contributed by atoms with Gasteiger partial charge in [0, 0.05) is 15.2 Å². The van der Waals surface area contributed by atoms with E-state index >= 15 is 0 Å². The summed E-state index contributed by atoms with van der Waals surface area (Å²) in [6, 6.07) is 7.81. The average Bonchev–Trinajstić information content (AvgIpc) is 2.26. The molecule has 0 fully saturated rings. The minimum Gasteiger partial charge on any atom is -0.376 e. The maximum Gasteiger partial charge on any atom is 0.232 e. The molecule has 0 heterocycles. The minimum absolute atomic E-state index is 0.0382. The number of halogens is 2. The molecule has 1 atom stereocenters. The molecule has 0 saturated carbocycles. The van der Waals surface area contributed by atoms with Crippen LogP contribution in [0.5, 0.6) is 0 Å². The van der Waals surface area contributed by atoms with Crippen molar-refractivity contribution in [3.05, 3.63) is 34.3 Å². The topological polar surface area (TPSA) is 43.4 Å². The highest BCUT2D eigenvalue weighted by Crippen LogP contribution is 2.14. The van der Waals surface area contributed by atoms with E-state index in [-0.39, 0.29) is 11.7 Å². The second-order valence-electron chi connectivity index (χ2n) is 4.12. The highest BCUT2D eigenvalue weighted by atomic mass is 79.9. The second-order valence-corrected chi connectivity index (χ2v) is 7.86. The number of benzene rings is 1. The van der Waals surface area contributed by atoms with E-state index in [1.54, 1.807) is 0 Å². The Morgan fingerprint density at radius 1 is 1.44 bits per heavy atom. The molecule has 1 rings (SSSR count). The van der Waals surface area contributed by atoms with Crippen molar-refractivity contribution in [1.29, 1.82) is 0 Å². The Labute approximate surface area is 121 Å². The molecule has 0 aliphatic heterocycles. The van der Waals surface area contributed by atoms with Crippen LogP contribution in [0.25, 0.3) is 0 Å². The van der Waals surface area contributed by atoms with E-state index in [1.165, 1.54) is 0 Å². The summed E-state index contributed by atoms with van der Waals surface area (Å²) in [7, 11) is 1.78. The van der Waals surface area contributed by atoms with Gasteiger partial charge < -0.3 is 4.74 Å². The lowest BCUT2D eigenvalue weighted by molar-refractivity contribution is 0.0919. The molecule has 1 unspecified atom stereocenters. The molecule has 0 spiro atoms. The first-order valence-electron chi connectivity index (χ1n) is 5.65. The van der Waals surface area contributed by atoms with Crippen LogP contribution < -0.4 is 0 Å². The van der Waals surface area contributed by atoms with Gasteiger partial charge in [-0.3, -0.25) is 0 Å². The molecular weight excluding hydrogens is 340 g/mol. The first kappa shape index (κ1) is 16.0. The van der Waals surface area contributed by atoms with Crippen molar-refractivity contribution in [2.24, 2.45) is 5.92 Å². The lowest BCUT2D eigenvalue weighted by Crippen LogP contribution is -2.17. The summed E-state index contributed by atoms with van der Waals surface area (Å²) in [5.74, 6) is -0.0940. The summed E-state index contributed by atoms with van der Waals surface area (Å²) in [6.45, 7) is 2.79. The Balaban J connectivity index is 2.40. The van der Waals surface area contributed by atoms with E-state index in [1.807, 2.05) is 31.2 Å². The predicted molar refractivity (Wildman–Crippen MR) is 77.2 cm³/mol. The van der Waals surface area contributed by atoms with Gasteiger partial charge in [0.25, 0.3) is 0 Å². The van der Waals surface area contributed by atoms with Gasteiger partial charge in [-0.2, -0.15) is 0 Å². The van der Waals surface area contributed by atoms with Gasteiger partial charge in [-0.1, -0.05) is 41.4 Å². The monoisotopic (exact) mass is 354 g/mol. The Kier molecular flexibility index (Phi) is 6.63. The highest BCUT2D eigenvalue weighted by molar-refractivity contribution is 9.10. The van der Waals surface area contributed by atoms with Gasteiger partial charge in [0.2, 0.25) is 9.05 Å². The molecule has 1 aromatic rings. The Morgan fingerprint density at radius 2 is 2.17 bits per heavy atom. The maximum atomic E-state index is 11.0. The maximum absolute atomic E-state index is 11.0. The van der Waals surface area contributed by atoms with Gasteiger partial charge in [-0.05, 0) is 23.6 Å². The normalized spacial score (nSPS) is 13.5. The van der Waals surface area contributed by atoms with Gasteiger partial charge in [0.15, 0.2) is 0 Å². The van der Waals surface area contributed by atoms with Crippen LogP contribution in [-0.4, -0.2) is 20.8 Å². The smallest absolute Gasteiger partial charge is 0.232 e. The van der Waals surface area contributed by atoms with Crippen molar-refractivity contribution in [3.8, 4) is 0 Å². The van der Waals surface area contributed by atoms with E-state index in [0.29, 0.717) is 13.2 Å². The Morgan fingerprint density at radius 3 is 2.72 bits per heavy atom. The zero-order valence-corrected chi connectivity index (χ0v) is 13.3. The van der Waals surface area contributed by atoms with Gasteiger partial charge in [-0.25, -0.2) is 8.42 Å². The fourth-order valence-electron chi connectivity index (χ4n) is 1.54. The summed E-state index contributed by atoms with van der Waals surface area (Å²) in [6.07, 6.45) is 0.727. The van der Waals surface area contributed by atoms with Crippen LogP contribution in [0.3, 0.4) is 0 Å². The molecule has 0 radical (unpaired) electrons. The van der Waals surface area contributed by atoms with Crippen LogP contribution >= 0.6 is 26.6 Å². The van der Waals surface area contributed by atoms with E-state index in [2.05, 4.69) is 15.9 Å². The van der Waals surface area contributed by atoms with Crippen molar-refractivity contribution < 1.29 is 13.2 Å². The standard InChI is InChI=1S/C12H16BrClO3S/c1-2-10(9-18(14,15)16)7-17-8-11-4-3-5-12(13)6-11/h3-6,10H,2,7-9H2,1H3. The van der Waals surface area contributed by atoms with Crippen LogP contribution in [0.4, 0.5) is 0 Å².